The minimum atomic E-state index is -0.148. The predicted octanol–water partition coefficient (Wildman–Crippen LogP) is 0.622. The molecular formula is C12H17N3O. The molecule has 1 aliphatic rings. The molecule has 2 rings (SSSR count). The third-order valence-electron chi connectivity index (χ3n) is 3.07. The van der Waals surface area contributed by atoms with Crippen LogP contribution in [0.1, 0.15) is 24.8 Å². The first-order chi connectivity index (χ1) is 7.68. The Morgan fingerprint density at radius 3 is 2.94 bits per heavy atom. The fourth-order valence-corrected chi connectivity index (χ4v) is 1.83. The number of pyridine rings is 1. The van der Waals surface area contributed by atoms with Crippen LogP contribution in [0.2, 0.25) is 0 Å². The van der Waals surface area contributed by atoms with Crippen molar-refractivity contribution in [1.29, 1.82) is 0 Å². The Labute approximate surface area is 95.3 Å². The fourth-order valence-electron chi connectivity index (χ4n) is 1.83. The fraction of sp³-hybridized carbons (Fsp3) is 0.500. The van der Waals surface area contributed by atoms with E-state index in [2.05, 4.69) is 10.3 Å². The molecule has 1 aromatic rings. The predicted molar refractivity (Wildman–Crippen MR) is 61.7 cm³/mol. The molecule has 4 nitrogen and oxygen atoms in total. The van der Waals surface area contributed by atoms with E-state index in [0.717, 1.165) is 18.4 Å². The molecule has 0 aliphatic heterocycles. The molecule has 1 heterocycles. The van der Waals surface area contributed by atoms with E-state index in [0.29, 0.717) is 13.0 Å². The first-order valence-electron chi connectivity index (χ1n) is 5.62. The molecular weight excluding hydrogens is 202 g/mol. The van der Waals surface area contributed by atoms with E-state index < -0.39 is 0 Å². The quantitative estimate of drug-likeness (QED) is 0.780. The van der Waals surface area contributed by atoms with E-state index in [9.17, 15) is 4.79 Å². The SMILES string of the molecule is NC1(CNC(=O)Cc2cccnc2)CCC1. The second-order valence-electron chi connectivity index (χ2n) is 4.53. The first kappa shape index (κ1) is 11.1. The van der Waals surface area contributed by atoms with Gasteiger partial charge in [-0.15, -0.1) is 0 Å². The lowest BCUT2D eigenvalue weighted by Gasteiger charge is -2.38. The number of nitrogens with zero attached hydrogens (tertiary/aromatic N) is 1. The molecule has 0 bridgehead atoms. The number of hydrogen-bond donors (Lipinski definition) is 2. The summed E-state index contributed by atoms with van der Waals surface area (Å²) in [5.41, 5.74) is 6.80. The van der Waals surface area contributed by atoms with Gasteiger partial charge in [-0.25, -0.2) is 0 Å². The summed E-state index contributed by atoms with van der Waals surface area (Å²) in [4.78, 5) is 15.6. The van der Waals surface area contributed by atoms with Gasteiger partial charge in [0.1, 0.15) is 0 Å². The number of rotatable bonds is 4. The Morgan fingerprint density at radius 1 is 1.56 bits per heavy atom. The Hall–Kier alpha value is -1.42. The largest absolute Gasteiger partial charge is 0.354 e. The zero-order valence-electron chi connectivity index (χ0n) is 9.28. The molecule has 1 aliphatic carbocycles. The number of carbonyl (C=O) groups is 1. The van der Waals surface area contributed by atoms with Crippen molar-refractivity contribution >= 4 is 5.91 Å². The molecule has 0 aromatic carbocycles. The van der Waals surface area contributed by atoms with E-state index in [1.807, 2.05) is 12.1 Å². The van der Waals surface area contributed by atoms with Crippen LogP contribution in [-0.4, -0.2) is 23.0 Å². The van der Waals surface area contributed by atoms with E-state index in [1.54, 1.807) is 12.4 Å². The summed E-state index contributed by atoms with van der Waals surface area (Å²) in [5, 5.41) is 2.88. The summed E-state index contributed by atoms with van der Waals surface area (Å²) >= 11 is 0. The van der Waals surface area contributed by atoms with Crippen LogP contribution in [0, 0.1) is 0 Å². The number of nitrogens with one attached hydrogen (secondary N) is 1. The Morgan fingerprint density at radius 2 is 2.38 bits per heavy atom. The summed E-state index contributed by atoms with van der Waals surface area (Å²) in [5.74, 6) is 0.0183. The van der Waals surface area contributed by atoms with Gasteiger partial charge in [0.05, 0.1) is 6.42 Å². The molecule has 4 heteroatoms. The van der Waals surface area contributed by atoms with Crippen molar-refractivity contribution in [3.8, 4) is 0 Å². The summed E-state index contributed by atoms with van der Waals surface area (Å²) in [6.07, 6.45) is 6.99. The van der Waals surface area contributed by atoms with Gasteiger partial charge in [0.15, 0.2) is 0 Å². The van der Waals surface area contributed by atoms with Gasteiger partial charge in [0.2, 0.25) is 5.91 Å². The van der Waals surface area contributed by atoms with Crippen molar-refractivity contribution in [3.05, 3.63) is 30.1 Å². The number of nitrogens with two attached hydrogens (primary N) is 1. The molecule has 86 valence electrons. The monoisotopic (exact) mass is 219 g/mol. The lowest BCUT2D eigenvalue weighted by Crippen LogP contribution is -2.55. The minimum absolute atomic E-state index is 0.0183. The Bertz CT molecular complexity index is 360. The van der Waals surface area contributed by atoms with Gasteiger partial charge in [-0.2, -0.15) is 0 Å². The molecule has 0 atom stereocenters. The summed E-state index contributed by atoms with van der Waals surface area (Å²) in [7, 11) is 0. The van der Waals surface area contributed by atoms with Crippen molar-refractivity contribution < 1.29 is 4.79 Å². The lowest BCUT2D eigenvalue weighted by molar-refractivity contribution is -0.120. The third kappa shape index (κ3) is 2.79. The molecule has 0 unspecified atom stereocenters. The van der Waals surface area contributed by atoms with Crippen LogP contribution in [-0.2, 0) is 11.2 Å². The molecule has 0 radical (unpaired) electrons. The number of aromatic nitrogens is 1. The van der Waals surface area contributed by atoms with E-state index in [1.165, 1.54) is 6.42 Å². The molecule has 0 saturated heterocycles. The highest BCUT2D eigenvalue weighted by Crippen LogP contribution is 2.27. The molecule has 1 amide bonds. The second kappa shape index (κ2) is 4.61. The topological polar surface area (TPSA) is 68.0 Å². The zero-order valence-corrected chi connectivity index (χ0v) is 9.28. The van der Waals surface area contributed by atoms with Crippen LogP contribution in [0.15, 0.2) is 24.5 Å². The third-order valence-corrected chi connectivity index (χ3v) is 3.07. The van der Waals surface area contributed by atoms with Crippen molar-refractivity contribution in [2.45, 2.75) is 31.2 Å². The van der Waals surface area contributed by atoms with Crippen LogP contribution in [0.4, 0.5) is 0 Å². The lowest BCUT2D eigenvalue weighted by atomic mass is 9.78. The highest BCUT2D eigenvalue weighted by atomic mass is 16.1. The van der Waals surface area contributed by atoms with Gasteiger partial charge >= 0.3 is 0 Å². The number of hydrogen-bond acceptors (Lipinski definition) is 3. The van der Waals surface area contributed by atoms with Gasteiger partial charge in [-0.3, -0.25) is 9.78 Å². The van der Waals surface area contributed by atoms with Gasteiger partial charge in [-0.1, -0.05) is 6.07 Å². The van der Waals surface area contributed by atoms with Crippen molar-refractivity contribution in [3.63, 3.8) is 0 Å². The van der Waals surface area contributed by atoms with Gasteiger partial charge in [0.25, 0.3) is 0 Å². The first-order valence-corrected chi connectivity index (χ1v) is 5.62. The summed E-state index contributed by atoms with van der Waals surface area (Å²) in [6, 6.07) is 3.73. The van der Waals surface area contributed by atoms with Gasteiger partial charge < -0.3 is 11.1 Å². The van der Waals surface area contributed by atoms with Crippen LogP contribution in [0.25, 0.3) is 0 Å². The van der Waals surface area contributed by atoms with Crippen LogP contribution in [0.5, 0.6) is 0 Å². The normalized spacial score (nSPS) is 17.6. The van der Waals surface area contributed by atoms with E-state index >= 15 is 0 Å². The van der Waals surface area contributed by atoms with E-state index in [4.69, 9.17) is 5.73 Å². The highest BCUT2D eigenvalue weighted by molar-refractivity contribution is 5.78. The minimum Gasteiger partial charge on any atom is -0.354 e. The van der Waals surface area contributed by atoms with Gasteiger partial charge in [0, 0.05) is 24.5 Å². The molecule has 3 N–H and O–H groups in total. The summed E-state index contributed by atoms with van der Waals surface area (Å²) in [6.45, 7) is 0.589. The summed E-state index contributed by atoms with van der Waals surface area (Å²) < 4.78 is 0. The average Bonchev–Trinajstić information content (AvgIpc) is 2.25. The molecule has 1 aromatic heterocycles. The van der Waals surface area contributed by atoms with Crippen LogP contribution < -0.4 is 11.1 Å². The Balaban J connectivity index is 1.76. The molecule has 1 fully saturated rings. The zero-order chi connectivity index (χ0) is 11.4. The maximum atomic E-state index is 11.6. The smallest absolute Gasteiger partial charge is 0.224 e. The van der Waals surface area contributed by atoms with Crippen molar-refractivity contribution in [2.24, 2.45) is 5.73 Å². The molecule has 0 spiro atoms. The van der Waals surface area contributed by atoms with Crippen molar-refractivity contribution in [1.82, 2.24) is 10.3 Å². The molecule has 1 saturated carbocycles. The van der Waals surface area contributed by atoms with Crippen molar-refractivity contribution in [2.75, 3.05) is 6.54 Å². The Kier molecular flexibility index (Phi) is 3.19. The average molecular weight is 219 g/mol. The highest BCUT2D eigenvalue weighted by Gasteiger charge is 2.32. The standard InChI is InChI=1S/C12H17N3O/c13-12(4-2-5-12)9-15-11(16)7-10-3-1-6-14-8-10/h1,3,6,8H,2,4-5,7,9,13H2,(H,15,16). The van der Waals surface area contributed by atoms with Gasteiger partial charge in [-0.05, 0) is 30.9 Å². The van der Waals surface area contributed by atoms with Crippen LogP contribution >= 0.6 is 0 Å². The van der Waals surface area contributed by atoms with Crippen LogP contribution in [0.3, 0.4) is 0 Å². The van der Waals surface area contributed by atoms with E-state index in [-0.39, 0.29) is 11.4 Å². The maximum Gasteiger partial charge on any atom is 0.224 e. The maximum absolute atomic E-state index is 11.6. The molecule has 16 heavy (non-hydrogen) atoms. The number of amides is 1. The second-order valence-corrected chi connectivity index (χ2v) is 4.53. The number of carbonyl (C=O) groups excluding carboxylic acids is 1.